The summed E-state index contributed by atoms with van der Waals surface area (Å²) < 4.78 is 5.53. The van der Waals surface area contributed by atoms with Crippen molar-refractivity contribution in [3.63, 3.8) is 0 Å². The molecular formula is C20H29NO6. The predicted molar refractivity (Wildman–Crippen MR) is 101 cm³/mol. The lowest BCUT2D eigenvalue weighted by Crippen LogP contribution is -2.34. The van der Waals surface area contributed by atoms with Crippen LogP contribution in [0.25, 0.3) is 0 Å². The van der Waals surface area contributed by atoms with Crippen LogP contribution in [0.1, 0.15) is 55.5 Å². The Morgan fingerprint density at radius 1 is 1.11 bits per heavy atom. The Morgan fingerprint density at radius 3 is 2.48 bits per heavy atom. The lowest BCUT2D eigenvalue weighted by atomic mass is 9.93. The number of Topliss-reactive ketones (excluding diaryl/α,β-unsaturated/α-hetero) is 1. The quantitative estimate of drug-likeness (QED) is 0.552. The Labute approximate surface area is 159 Å². The van der Waals surface area contributed by atoms with Gasteiger partial charge in [0.1, 0.15) is 23.5 Å². The van der Waals surface area contributed by atoms with Crippen LogP contribution in [0.5, 0.6) is 5.75 Å². The van der Waals surface area contributed by atoms with E-state index in [1.807, 2.05) is 6.92 Å². The molecular weight excluding hydrogens is 350 g/mol. The second-order valence-electron chi connectivity index (χ2n) is 7.28. The standard InChI is InChI=1S/C20H29NO6/c1-11-7-8-16(23)19(25)15(22)6-4-5-13-9-14(21-3)10-17(24)18(13)20(26)27-12(11)2/h9-12,15,19,21-22,24-25H,4-8H2,1-3H3/t11-,12+,15+,19+/m1/s1. The highest BCUT2D eigenvalue weighted by molar-refractivity contribution is 5.95. The van der Waals surface area contributed by atoms with Crippen LogP contribution in [0.3, 0.4) is 0 Å². The van der Waals surface area contributed by atoms with Gasteiger partial charge < -0.3 is 25.4 Å². The molecule has 0 saturated carbocycles. The highest BCUT2D eigenvalue weighted by atomic mass is 16.5. The monoisotopic (exact) mass is 379 g/mol. The van der Waals surface area contributed by atoms with E-state index < -0.39 is 30.1 Å². The number of ether oxygens (including phenoxy) is 1. The molecule has 0 spiro atoms. The number of carbonyl (C=O) groups is 2. The number of cyclic esters (lactones) is 1. The van der Waals surface area contributed by atoms with Crippen LogP contribution in [0.15, 0.2) is 12.1 Å². The van der Waals surface area contributed by atoms with Gasteiger partial charge in [-0.05, 0) is 50.2 Å². The molecule has 7 heteroatoms. The Bertz CT molecular complexity index is 689. The number of nitrogens with one attached hydrogen (secondary N) is 1. The van der Waals surface area contributed by atoms with Crippen molar-refractivity contribution in [3.8, 4) is 5.75 Å². The molecule has 0 fully saturated rings. The number of hydrogen-bond donors (Lipinski definition) is 4. The number of phenols is 1. The third-order valence-corrected chi connectivity index (χ3v) is 5.27. The van der Waals surface area contributed by atoms with E-state index >= 15 is 0 Å². The first-order valence-corrected chi connectivity index (χ1v) is 9.38. The summed E-state index contributed by atoms with van der Waals surface area (Å²) in [6.45, 7) is 3.59. The first kappa shape index (κ1) is 21.2. The molecule has 0 aromatic heterocycles. The molecule has 2 rings (SSSR count). The molecule has 1 aliphatic heterocycles. The largest absolute Gasteiger partial charge is 0.507 e. The first-order chi connectivity index (χ1) is 12.7. The summed E-state index contributed by atoms with van der Waals surface area (Å²) in [7, 11) is 1.71. The van der Waals surface area contributed by atoms with Gasteiger partial charge in [0.15, 0.2) is 5.78 Å². The summed E-state index contributed by atoms with van der Waals surface area (Å²) in [6.07, 6.45) is -1.47. The van der Waals surface area contributed by atoms with Crippen LogP contribution in [-0.2, 0) is 16.0 Å². The van der Waals surface area contributed by atoms with E-state index in [0.29, 0.717) is 30.5 Å². The van der Waals surface area contributed by atoms with Gasteiger partial charge in [-0.1, -0.05) is 6.92 Å². The van der Waals surface area contributed by atoms with Crippen LogP contribution in [0.2, 0.25) is 0 Å². The number of fused-ring (bicyclic) bond motifs is 1. The molecule has 7 nitrogen and oxygen atoms in total. The van der Waals surface area contributed by atoms with E-state index in [2.05, 4.69) is 5.32 Å². The Hall–Kier alpha value is -2.12. The maximum Gasteiger partial charge on any atom is 0.342 e. The average Bonchev–Trinajstić information content (AvgIpc) is 2.63. The Kier molecular flexibility index (Phi) is 7.21. The zero-order valence-electron chi connectivity index (χ0n) is 16.1. The van der Waals surface area contributed by atoms with Gasteiger partial charge in [-0.25, -0.2) is 4.79 Å². The van der Waals surface area contributed by atoms with Gasteiger partial charge >= 0.3 is 5.97 Å². The fourth-order valence-corrected chi connectivity index (χ4v) is 3.23. The molecule has 4 N–H and O–H groups in total. The third-order valence-electron chi connectivity index (χ3n) is 5.27. The van der Waals surface area contributed by atoms with Crippen molar-refractivity contribution >= 4 is 17.4 Å². The van der Waals surface area contributed by atoms with Crippen LogP contribution < -0.4 is 5.32 Å². The van der Waals surface area contributed by atoms with Crippen LogP contribution in [0, 0.1) is 5.92 Å². The number of aryl methyl sites for hydroxylation is 1. The molecule has 0 saturated heterocycles. The van der Waals surface area contributed by atoms with Gasteiger partial charge in [0.2, 0.25) is 0 Å². The van der Waals surface area contributed by atoms with Crippen molar-refractivity contribution < 1.29 is 29.6 Å². The second-order valence-corrected chi connectivity index (χ2v) is 7.28. The number of carbonyl (C=O) groups excluding carboxylic acids is 2. The Morgan fingerprint density at radius 2 is 1.81 bits per heavy atom. The fourth-order valence-electron chi connectivity index (χ4n) is 3.23. The number of anilines is 1. The molecule has 0 aliphatic carbocycles. The fraction of sp³-hybridized carbons (Fsp3) is 0.600. The van der Waals surface area contributed by atoms with Crippen molar-refractivity contribution in [2.45, 2.75) is 64.3 Å². The topological polar surface area (TPSA) is 116 Å². The van der Waals surface area contributed by atoms with Crippen molar-refractivity contribution in [2.24, 2.45) is 5.92 Å². The lowest BCUT2D eigenvalue weighted by molar-refractivity contribution is -0.133. The van der Waals surface area contributed by atoms with E-state index in [0.717, 1.165) is 0 Å². The summed E-state index contributed by atoms with van der Waals surface area (Å²) in [6, 6.07) is 3.22. The van der Waals surface area contributed by atoms with Gasteiger partial charge in [-0.3, -0.25) is 4.79 Å². The SMILES string of the molecule is CNc1cc(O)c2c(c1)CCC[C@H](O)[C@H](O)C(=O)CC[C@@H](C)[C@H](C)OC2=O. The van der Waals surface area contributed by atoms with Crippen molar-refractivity contribution in [2.75, 3.05) is 12.4 Å². The highest BCUT2D eigenvalue weighted by Gasteiger charge is 2.28. The number of ketones is 1. The number of benzene rings is 1. The van der Waals surface area contributed by atoms with Crippen molar-refractivity contribution in [3.05, 3.63) is 23.3 Å². The zero-order chi connectivity index (χ0) is 20.1. The molecule has 27 heavy (non-hydrogen) atoms. The first-order valence-electron chi connectivity index (χ1n) is 9.38. The molecule has 1 aliphatic rings. The molecule has 1 aromatic carbocycles. The van der Waals surface area contributed by atoms with Gasteiger partial charge in [0.05, 0.1) is 6.10 Å². The van der Waals surface area contributed by atoms with Crippen LogP contribution >= 0.6 is 0 Å². The van der Waals surface area contributed by atoms with Gasteiger partial charge in [0.25, 0.3) is 0 Å². The minimum Gasteiger partial charge on any atom is -0.507 e. The molecule has 0 amide bonds. The van der Waals surface area contributed by atoms with Crippen LogP contribution in [-0.4, -0.2) is 52.4 Å². The minimum atomic E-state index is -1.41. The molecule has 0 radical (unpaired) electrons. The normalized spacial score (nSPS) is 28.0. The zero-order valence-corrected chi connectivity index (χ0v) is 16.1. The molecule has 1 heterocycles. The average molecular weight is 379 g/mol. The van der Waals surface area contributed by atoms with E-state index in [4.69, 9.17) is 4.74 Å². The predicted octanol–water partition coefficient (Wildman–Crippen LogP) is 2.02. The number of aromatic hydroxyl groups is 1. The molecule has 1 aromatic rings. The van der Waals surface area contributed by atoms with Gasteiger partial charge in [-0.15, -0.1) is 0 Å². The van der Waals surface area contributed by atoms with Crippen molar-refractivity contribution in [1.29, 1.82) is 0 Å². The number of esters is 1. The Balaban J connectivity index is 2.37. The maximum atomic E-state index is 12.7. The summed E-state index contributed by atoms with van der Waals surface area (Å²) in [5, 5.41) is 33.4. The van der Waals surface area contributed by atoms with Crippen molar-refractivity contribution in [1.82, 2.24) is 0 Å². The summed E-state index contributed by atoms with van der Waals surface area (Å²) >= 11 is 0. The molecule has 0 unspecified atom stereocenters. The molecule has 4 atom stereocenters. The van der Waals surface area contributed by atoms with E-state index in [9.17, 15) is 24.9 Å². The minimum absolute atomic E-state index is 0.106. The number of rotatable bonds is 1. The number of phenolic OH excluding ortho intramolecular Hbond substituents is 1. The van der Waals surface area contributed by atoms with E-state index in [1.54, 1.807) is 20.0 Å². The van der Waals surface area contributed by atoms with Gasteiger partial charge in [0, 0.05) is 25.2 Å². The van der Waals surface area contributed by atoms with E-state index in [-0.39, 0.29) is 30.1 Å². The van der Waals surface area contributed by atoms with Crippen LogP contribution in [0.4, 0.5) is 5.69 Å². The third kappa shape index (κ3) is 5.20. The molecule has 0 bridgehead atoms. The van der Waals surface area contributed by atoms with Gasteiger partial charge in [-0.2, -0.15) is 0 Å². The van der Waals surface area contributed by atoms with E-state index in [1.165, 1.54) is 6.07 Å². The second kappa shape index (κ2) is 9.19. The summed E-state index contributed by atoms with van der Waals surface area (Å²) in [5.74, 6) is -1.29. The molecule has 150 valence electrons. The summed E-state index contributed by atoms with van der Waals surface area (Å²) in [4.78, 5) is 24.8. The summed E-state index contributed by atoms with van der Waals surface area (Å²) in [5.41, 5.74) is 1.36. The smallest absolute Gasteiger partial charge is 0.342 e. The number of aliphatic hydroxyl groups excluding tert-OH is 2. The number of aliphatic hydroxyl groups is 2. The maximum absolute atomic E-state index is 12.7. The number of hydrogen-bond acceptors (Lipinski definition) is 7. The lowest BCUT2D eigenvalue weighted by Gasteiger charge is -2.23. The highest BCUT2D eigenvalue weighted by Crippen LogP contribution is 2.30.